The summed E-state index contributed by atoms with van der Waals surface area (Å²) in [5.41, 5.74) is 0.277. The lowest BCUT2D eigenvalue weighted by atomic mass is 10.0. The molecule has 0 fully saturated rings. The lowest BCUT2D eigenvalue weighted by molar-refractivity contribution is -0.139. The molecule has 2 rings (SSSR count). The van der Waals surface area contributed by atoms with Crippen LogP contribution in [0.4, 0.5) is 5.69 Å². The minimum absolute atomic E-state index is 0.0702. The molecule has 2 aromatic carbocycles. The van der Waals surface area contributed by atoms with Crippen molar-refractivity contribution < 1.29 is 24.6 Å². The Morgan fingerprint density at radius 1 is 1.08 bits per heavy atom. The smallest absolute Gasteiger partial charge is 0.362 e. The maximum Gasteiger partial charge on any atom is 0.362 e. The van der Waals surface area contributed by atoms with E-state index in [9.17, 15) is 19.8 Å². The van der Waals surface area contributed by atoms with Gasteiger partial charge in [0.05, 0.1) is 5.56 Å². The van der Waals surface area contributed by atoms with E-state index in [0.717, 1.165) is 12.1 Å². The van der Waals surface area contributed by atoms with Crippen LogP contribution >= 0.6 is 0 Å². The summed E-state index contributed by atoms with van der Waals surface area (Å²) in [7, 11) is 0. The second kappa shape index (κ2) is 7.19. The maximum absolute atomic E-state index is 12.4. The molecule has 7 heteroatoms. The van der Waals surface area contributed by atoms with Gasteiger partial charge in [0.25, 0.3) is 0 Å². The van der Waals surface area contributed by atoms with Crippen LogP contribution in [0.2, 0.25) is 0 Å². The number of carbonyl (C=O) groups excluding carboxylic acids is 2. The molecule has 2 N–H and O–H groups in total. The number of ketones is 1. The van der Waals surface area contributed by atoms with Crippen LogP contribution in [-0.2, 0) is 9.63 Å². The average Bonchev–Trinajstić information content (AvgIpc) is 2.56. The van der Waals surface area contributed by atoms with Crippen molar-refractivity contribution in [3.8, 4) is 11.5 Å². The number of benzene rings is 2. The van der Waals surface area contributed by atoms with Gasteiger partial charge in [0.1, 0.15) is 17.2 Å². The molecule has 0 saturated heterocycles. The molecule has 0 amide bonds. The number of rotatable bonds is 5. The molecule has 122 valence electrons. The molecule has 0 heterocycles. The Bertz CT molecular complexity index is 828. The van der Waals surface area contributed by atoms with Crippen molar-refractivity contribution in [2.75, 3.05) is 0 Å². The summed E-state index contributed by atoms with van der Waals surface area (Å²) < 4.78 is 0. The van der Waals surface area contributed by atoms with Crippen LogP contribution in [0.3, 0.4) is 0 Å². The number of nitrogens with zero attached hydrogens (tertiary/aromatic N) is 2. The first-order valence-electron chi connectivity index (χ1n) is 6.83. The van der Waals surface area contributed by atoms with Crippen LogP contribution in [0, 0.1) is 0 Å². The Morgan fingerprint density at radius 2 is 1.75 bits per heavy atom. The SMILES string of the molecule is C=C(C)C(=O)ON=Nc1cc(C(=O)c2ccccc2)c(O)cc1O. The van der Waals surface area contributed by atoms with E-state index < -0.39 is 23.3 Å². The van der Waals surface area contributed by atoms with Crippen LogP contribution in [0.25, 0.3) is 0 Å². The monoisotopic (exact) mass is 326 g/mol. The van der Waals surface area contributed by atoms with E-state index in [2.05, 4.69) is 21.8 Å². The molecule has 0 atom stereocenters. The summed E-state index contributed by atoms with van der Waals surface area (Å²) >= 11 is 0. The van der Waals surface area contributed by atoms with Gasteiger partial charge in [-0.25, -0.2) is 4.79 Å². The fourth-order valence-electron chi connectivity index (χ4n) is 1.75. The quantitative estimate of drug-likeness (QED) is 0.378. The predicted octanol–water partition coefficient (Wildman–Crippen LogP) is 3.45. The second-order valence-electron chi connectivity index (χ2n) is 4.89. The first-order valence-corrected chi connectivity index (χ1v) is 6.83. The number of phenolic OH excluding ortho intramolecular Hbond substituents is 2. The lowest BCUT2D eigenvalue weighted by Crippen LogP contribution is -2.01. The fraction of sp³-hybridized carbons (Fsp3) is 0.0588. The third kappa shape index (κ3) is 3.83. The minimum Gasteiger partial charge on any atom is -0.507 e. The molecule has 0 unspecified atom stereocenters. The van der Waals surface area contributed by atoms with Crippen molar-refractivity contribution in [3.05, 3.63) is 65.7 Å². The van der Waals surface area contributed by atoms with E-state index >= 15 is 0 Å². The van der Waals surface area contributed by atoms with Gasteiger partial charge in [-0.05, 0) is 13.0 Å². The maximum atomic E-state index is 12.4. The number of hydrogen-bond donors (Lipinski definition) is 2. The first kappa shape index (κ1) is 16.9. The predicted molar refractivity (Wildman–Crippen MR) is 85.1 cm³/mol. The Morgan fingerprint density at radius 3 is 2.38 bits per heavy atom. The molecule has 0 aliphatic rings. The molecule has 0 saturated carbocycles. The summed E-state index contributed by atoms with van der Waals surface area (Å²) in [6, 6.07) is 10.4. The summed E-state index contributed by atoms with van der Waals surface area (Å²) in [6.45, 7) is 4.81. The Kier molecular flexibility index (Phi) is 5.06. The van der Waals surface area contributed by atoms with Gasteiger partial charge in [-0.3, -0.25) is 9.63 Å². The number of aromatic hydroxyl groups is 2. The van der Waals surface area contributed by atoms with Crippen molar-refractivity contribution in [1.82, 2.24) is 0 Å². The largest absolute Gasteiger partial charge is 0.507 e. The molecule has 2 aromatic rings. The van der Waals surface area contributed by atoms with E-state index in [-0.39, 0.29) is 16.8 Å². The molecular formula is C17H14N2O5. The van der Waals surface area contributed by atoms with Crippen LogP contribution in [0.5, 0.6) is 11.5 Å². The van der Waals surface area contributed by atoms with Gasteiger partial charge in [-0.2, -0.15) is 0 Å². The van der Waals surface area contributed by atoms with Gasteiger partial charge in [-0.15, -0.1) is 5.11 Å². The van der Waals surface area contributed by atoms with Gasteiger partial charge in [-0.1, -0.05) is 36.9 Å². The average molecular weight is 326 g/mol. The molecule has 0 aliphatic heterocycles. The third-order valence-electron chi connectivity index (χ3n) is 2.99. The third-order valence-corrected chi connectivity index (χ3v) is 2.99. The van der Waals surface area contributed by atoms with Crippen LogP contribution in [0.15, 0.2) is 65.0 Å². The van der Waals surface area contributed by atoms with Gasteiger partial charge >= 0.3 is 5.97 Å². The second-order valence-corrected chi connectivity index (χ2v) is 4.89. The molecule has 0 spiro atoms. The molecule has 0 bridgehead atoms. The van der Waals surface area contributed by atoms with E-state index in [1.54, 1.807) is 30.3 Å². The van der Waals surface area contributed by atoms with Gasteiger partial charge < -0.3 is 10.2 Å². The van der Waals surface area contributed by atoms with Gasteiger partial charge in [0.2, 0.25) is 0 Å². The Hall–Kier alpha value is -3.48. The van der Waals surface area contributed by atoms with E-state index in [0.29, 0.717) is 5.56 Å². The molecule has 24 heavy (non-hydrogen) atoms. The Balaban J connectivity index is 2.31. The highest BCUT2D eigenvalue weighted by Crippen LogP contribution is 2.34. The van der Waals surface area contributed by atoms with Crippen molar-refractivity contribution in [1.29, 1.82) is 0 Å². The highest BCUT2D eigenvalue weighted by Gasteiger charge is 2.17. The highest BCUT2D eigenvalue weighted by atomic mass is 16.7. The topological polar surface area (TPSA) is 109 Å². The van der Waals surface area contributed by atoms with Crippen molar-refractivity contribution in [3.63, 3.8) is 0 Å². The molecule has 0 aliphatic carbocycles. The lowest BCUT2D eigenvalue weighted by Gasteiger charge is -2.06. The zero-order valence-electron chi connectivity index (χ0n) is 12.8. The van der Waals surface area contributed by atoms with Crippen LogP contribution in [0.1, 0.15) is 22.8 Å². The zero-order chi connectivity index (χ0) is 17.7. The number of phenols is 2. The number of hydrogen-bond acceptors (Lipinski definition) is 7. The molecule has 7 nitrogen and oxygen atoms in total. The summed E-state index contributed by atoms with van der Waals surface area (Å²) in [5.74, 6) is -2.06. The Labute approximate surface area is 137 Å². The minimum atomic E-state index is -0.780. The standard InChI is InChI=1S/C17H14N2O5/c1-10(2)17(23)24-19-18-13-8-12(14(20)9-15(13)21)16(22)11-6-4-3-5-7-11/h3-9,20-21H,1H2,2H3. The van der Waals surface area contributed by atoms with Crippen LogP contribution in [-0.4, -0.2) is 22.0 Å². The molecular weight excluding hydrogens is 312 g/mol. The molecule has 0 aromatic heterocycles. The summed E-state index contributed by atoms with van der Waals surface area (Å²) in [6.07, 6.45) is 0. The van der Waals surface area contributed by atoms with Gasteiger partial charge in [0, 0.05) is 22.5 Å². The van der Waals surface area contributed by atoms with Crippen molar-refractivity contribution in [2.45, 2.75) is 6.92 Å². The van der Waals surface area contributed by atoms with E-state index in [1.807, 2.05) is 0 Å². The summed E-state index contributed by atoms with van der Waals surface area (Å²) in [4.78, 5) is 28.0. The number of carbonyl (C=O) groups is 2. The normalized spacial score (nSPS) is 10.5. The van der Waals surface area contributed by atoms with Crippen molar-refractivity contribution >= 4 is 17.4 Å². The van der Waals surface area contributed by atoms with Crippen molar-refractivity contribution in [2.24, 2.45) is 10.4 Å². The zero-order valence-corrected chi connectivity index (χ0v) is 12.8. The summed E-state index contributed by atoms with van der Waals surface area (Å²) in [5, 5.41) is 26.4. The van der Waals surface area contributed by atoms with E-state index in [1.165, 1.54) is 6.92 Å². The van der Waals surface area contributed by atoms with E-state index in [4.69, 9.17) is 0 Å². The van der Waals surface area contributed by atoms with Gasteiger partial charge in [0.15, 0.2) is 5.78 Å². The molecule has 0 radical (unpaired) electrons. The fourth-order valence-corrected chi connectivity index (χ4v) is 1.75. The highest BCUT2D eigenvalue weighted by molar-refractivity contribution is 6.11. The first-order chi connectivity index (χ1) is 11.4. The van der Waals surface area contributed by atoms with Crippen LogP contribution < -0.4 is 0 Å².